The summed E-state index contributed by atoms with van der Waals surface area (Å²) in [6.45, 7) is 6.51. The molecule has 1 aromatic carbocycles. The van der Waals surface area contributed by atoms with Crippen LogP contribution in [0.1, 0.15) is 46.0 Å². The summed E-state index contributed by atoms with van der Waals surface area (Å²) in [6.07, 6.45) is 4.84. The second-order valence-corrected chi connectivity index (χ2v) is 6.70. The van der Waals surface area contributed by atoms with E-state index in [1.165, 1.54) is 12.8 Å². The van der Waals surface area contributed by atoms with Gasteiger partial charge in [0.05, 0.1) is 11.4 Å². The van der Waals surface area contributed by atoms with Gasteiger partial charge in [0.2, 0.25) is 5.91 Å². The Bertz CT molecular complexity index is 539. The Morgan fingerprint density at radius 1 is 1.30 bits per heavy atom. The van der Waals surface area contributed by atoms with Crippen LogP contribution in [0.15, 0.2) is 24.3 Å². The van der Waals surface area contributed by atoms with E-state index < -0.39 is 0 Å². The molecular formula is C18H27N3OS. The van der Waals surface area contributed by atoms with Crippen LogP contribution in [-0.4, -0.2) is 24.1 Å². The fourth-order valence-corrected chi connectivity index (χ4v) is 3.01. The minimum Gasteiger partial charge on any atom is -0.370 e. The predicted molar refractivity (Wildman–Crippen MR) is 101 cm³/mol. The molecule has 126 valence electrons. The fraction of sp³-hybridized carbons (Fsp3) is 0.556. The number of carbonyl (C=O) groups excluding carboxylic acids is 1. The SMILES string of the molecule is CCCCC(=O)NC(=S)Nc1ccccc1N1CCC(C)CC1. The first-order chi connectivity index (χ1) is 11.1. The van der Waals surface area contributed by atoms with Gasteiger partial charge in [0, 0.05) is 19.5 Å². The van der Waals surface area contributed by atoms with Gasteiger partial charge in [-0.15, -0.1) is 0 Å². The molecule has 23 heavy (non-hydrogen) atoms. The lowest BCUT2D eigenvalue weighted by Crippen LogP contribution is -2.36. The van der Waals surface area contributed by atoms with E-state index >= 15 is 0 Å². The fourth-order valence-electron chi connectivity index (χ4n) is 2.78. The number of thiocarbonyl (C=S) groups is 1. The molecule has 0 aliphatic carbocycles. The molecule has 0 radical (unpaired) electrons. The molecule has 0 atom stereocenters. The minimum atomic E-state index is -0.0198. The van der Waals surface area contributed by atoms with Crippen molar-refractivity contribution in [3.05, 3.63) is 24.3 Å². The number of nitrogens with one attached hydrogen (secondary N) is 2. The second-order valence-electron chi connectivity index (χ2n) is 6.29. The van der Waals surface area contributed by atoms with Crippen LogP contribution in [0.25, 0.3) is 0 Å². The smallest absolute Gasteiger partial charge is 0.226 e. The summed E-state index contributed by atoms with van der Waals surface area (Å²) in [7, 11) is 0. The van der Waals surface area contributed by atoms with Crippen LogP contribution < -0.4 is 15.5 Å². The van der Waals surface area contributed by atoms with Crippen molar-refractivity contribution in [1.29, 1.82) is 0 Å². The van der Waals surface area contributed by atoms with Gasteiger partial charge in [-0.2, -0.15) is 0 Å². The Morgan fingerprint density at radius 2 is 2.00 bits per heavy atom. The largest absolute Gasteiger partial charge is 0.370 e. The van der Waals surface area contributed by atoms with Crippen molar-refractivity contribution in [1.82, 2.24) is 5.32 Å². The number of nitrogens with zero attached hydrogens (tertiary/aromatic N) is 1. The van der Waals surface area contributed by atoms with Crippen LogP contribution >= 0.6 is 12.2 Å². The van der Waals surface area contributed by atoms with Gasteiger partial charge in [0.15, 0.2) is 5.11 Å². The highest BCUT2D eigenvalue weighted by atomic mass is 32.1. The highest BCUT2D eigenvalue weighted by molar-refractivity contribution is 7.80. The Labute approximate surface area is 144 Å². The van der Waals surface area contributed by atoms with E-state index in [1.54, 1.807) is 0 Å². The summed E-state index contributed by atoms with van der Waals surface area (Å²) in [5.41, 5.74) is 2.12. The van der Waals surface area contributed by atoms with Gasteiger partial charge < -0.3 is 15.5 Å². The highest BCUT2D eigenvalue weighted by Crippen LogP contribution is 2.29. The Balaban J connectivity index is 1.97. The molecule has 1 amide bonds. The first kappa shape index (κ1) is 17.7. The zero-order valence-electron chi connectivity index (χ0n) is 14.1. The maximum absolute atomic E-state index is 11.8. The number of piperidine rings is 1. The van der Waals surface area contributed by atoms with Crippen LogP contribution in [-0.2, 0) is 4.79 Å². The van der Waals surface area contributed by atoms with E-state index in [-0.39, 0.29) is 5.91 Å². The predicted octanol–water partition coefficient (Wildman–Crippen LogP) is 3.93. The normalized spacial score (nSPS) is 15.3. The van der Waals surface area contributed by atoms with E-state index in [0.717, 1.165) is 43.2 Å². The molecule has 1 aromatic rings. The van der Waals surface area contributed by atoms with E-state index in [1.807, 2.05) is 18.2 Å². The van der Waals surface area contributed by atoms with E-state index in [2.05, 4.69) is 35.4 Å². The molecule has 2 rings (SSSR count). The van der Waals surface area contributed by atoms with Gasteiger partial charge in [-0.05, 0) is 49.5 Å². The third kappa shape index (κ3) is 5.50. The third-order valence-electron chi connectivity index (χ3n) is 4.29. The number of carbonyl (C=O) groups is 1. The van der Waals surface area contributed by atoms with Crippen LogP contribution in [0.4, 0.5) is 11.4 Å². The lowest BCUT2D eigenvalue weighted by molar-refractivity contribution is -0.119. The van der Waals surface area contributed by atoms with E-state index in [9.17, 15) is 4.79 Å². The molecule has 1 heterocycles. The summed E-state index contributed by atoms with van der Waals surface area (Å²) in [5, 5.41) is 6.33. The van der Waals surface area contributed by atoms with Crippen LogP contribution in [0.5, 0.6) is 0 Å². The molecule has 0 bridgehead atoms. The zero-order chi connectivity index (χ0) is 16.7. The Kier molecular flexibility index (Phi) is 6.84. The van der Waals surface area contributed by atoms with Crippen molar-refractivity contribution in [3.8, 4) is 0 Å². The summed E-state index contributed by atoms with van der Waals surface area (Å²) in [5.74, 6) is 0.777. The van der Waals surface area contributed by atoms with Crippen molar-refractivity contribution < 1.29 is 4.79 Å². The van der Waals surface area contributed by atoms with Gasteiger partial charge in [-0.25, -0.2) is 0 Å². The maximum Gasteiger partial charge on any atom is 0.226 e. The number of amides is 1. The van der Waals surface area contributed by atoms with Crippen LogP contribution in [0.3, 0.4) is 0 Å². The molecule has 4 nitrogen and oxygen atoms in total. The number of hydrogen-bond donors (Lipinski definition) is 2. The lowest BCUT2D eigenvalue weighted by Gasteiger charge is -2.33. The molecular weight excluding hydrogens is 306 g/mol. The van der Waals surface area contributed by atoms with Gasteiger partial charge in [0.1, 0.15) is 0 Å². The number of unbranched alkanes of at least 4 members (excludes halogenated alkanes) is 1. The molecule has 1 saturated heterocycles. The van der Waals surface area contributed by atoms with Gasteiger partial charge in [-0.3, -0.25) is 4.79 Å². The van der Waals surface area contributed by atoms with Gasteiger partial charge in [0.25, 0.3) is 0 Å². The molecule has 5 heteroatoms. The van der Waals surface area contributed by atoms with Crippen LogP contribution in [0.2, 0.25) is 0 Å². The number of para-hydroxylation sites is 2. The van der Waals surface area contributed by atoms with Gasteiger partial charge in [-0.1, -0.05) is 32.4 Å². The monoisotopic (exact) mass is 333 g/mol. The molecule has 0 spiro atoms. The zero-order valence-corrected chi connectivity index (χ0v) is 14.9. The van der Waals surface area contributed by atoms with Crippen molar-refractivity contribution in [2.24, 2.45) is 5.92 Å². The average molecular weight is 334 g/mol. The quantitative estimate of drug-likeness (QED) is 0.802. The lowest BCUT2D eigenvalue weighted by atomic mass is 9.98. The summed E-state index contributed by atoms with van der Waals surface area (Å²) >= 11 is 5.28. The van der Waals surface area contributed by atoms with Crippen molar-refractivity contribution >= 4 is 34.6 Å². The molecule has 1 aliphatic heterocycles. The van der Waals surface area contributed by atoms with Crippen LogP contribution in [0, 0.1) is 5.92 Å². The topological polar surface area (TPSA) is 44.4 Å². The number of benzene rings is 1. The van der Waals surface area contributed by atoms with Crippen molar-refractivity contribution in [2.75, 3.05) is 23.3 Å². The first-order valence-corrected chi connectivity index (χ1v) is 8.95. The molecule has 2 N–H and O–H groups in total. The first-order valence-electron chi connectivity index (χ1n) is 8.55. The second kappa shape index (κ2) is 8.87. The Hall–Kier alpha value is -1.62. The van der Waals surface area contributed by atoms with E-state index in [4.69, 9.17) is 12.2 Å². The molecule has 0 unspecified atom stereocenters. The number of hydrogen-bond acceptors (Lipinski definition) is 3. The molecule has 0 aromatic heterocycles. The average Bonchev–Trinajstić information content (AvgIpc) is 2.54. The Morgan fingerprint density at radius 3 is 2.70 bits per heavy atom. The number of rotatable bonds is 5. The summed E-state index contributed by atoms with van der Waals surface area (Å²) in [6, 6.07) is 8.15. The standard InChI is InChI=1S/C18H27N3OS/c1-3-4-9-17(22)20-18(23)19-15-7-5-6-8-16(15)21-12-10-14(2)11-13-21/h5-8,14H,3-4,9-13H2,1-2H3,(H2,19,20,22,23). The van der Waals surface area contributed by atoms with E-state index in [0.29, 0.717) is 11.5 Å². The van der Waals surface area contributed by atoms with Gasteiger partial charge >= 0.3 is 0 Å². The maximum atomic E-state index is 11.8. The van der Waals surface area contributed by atoms with Crippen molar-refractivity contribution in [2.45, 2.75) is 46.0 Å². The molecule has 1 fully saturated rings. The summed E-state index contributed by atoms with van der Waals surface area (Å²) in [4.78, 5) is 14.2. The summed E-state index contributed by atoms with van der Waals surface area (Å²) < 4.78 is 0. The molecule has 1 aliphatic rings. The molecule has 0 saturated carbocycles. The third-order valence-corrected chi connectivity index (χ3v) is 4.49. The minimum absolute atomic E-state index is 0.0198. The highest BCUT2D eigenvalue weighted by Gasteiger charge is 2.18. The number of anilines is 2. The van der Waals surface area contributed by atoms with Crippen molar-refractivity contribution in [3.63, 3.8) is 0 Å².